The van der Waals surface area contributed by atoms with E-state index in [1.54, 1.807) is 6.07 Å². The highest BCUT2D eigenvalue weighted by Gasteiger charge is 2.22. The molecule has 0 unspecified atom stereocenters. The van der Waals surface area contributed by atoms with Gasteiger partial charge >= 0.3 is 0 Å². The topological polar surface area (TPSA) is 26.3 Å². The Morgan fingerprint density at radius 1 is 1.36 bits per heavy atom. The Morgan fingerprint density at radius 3 is 2.86 bits per heavy atom. The van der Waals surface area contributed by atoms with Crippen LogP contribution in [0.2, 0.25) is 0 Å². The zero-order chi connectivity index (χ0) is 10.1. The smallest absolute Gasteiger partial charge is 0.168 e. The Labute approximate surface area is 81.7 Å². The Bertz CT molecular complexity index is 385. The molecule has 0 fully saturated rings. The van der Waals surface area contributed by atoms with E-state index in [0.29, 0.717) is 24.0 Å². The van der Waals surface area contributed by atoms with Gasteiger partial charge in [-0.1, -0.05) is 0 Å². The van der Waals surface area contributed by atoms with Gasteiger partial charge in [0.15, 0.2) is 17.3 Å². The van der Waals surface area contributed by atoms with E-state index in [4.69, 9.17) is 4.74 Å². The van der Waals surface area contributed by atoms with Crippen LogP contribution in [0.5, 0.6) is 5.75 Å². The molecule has 2 nitrogen and oxygen atoms in total. The molecular formula is C11H11FO2. The van der Waals surface area contributed by atoms with Crippen LogP contribution in [0.1, 0.15) is 28.8 Å². The van der Waals surface area contributed by atoms with Crippen molar-refractivity contribution in [3.05, 3.63) is 29.1 Å². The minimum absolute atomic E-state index is 0.0350. The summed E-state index contributed by atoms with van der Waals surface area (Å²) < 4.78 is 18.5. The number of fused-ring (bicyclic) bond motifs is 1. The zero-order valence-corrected chi connectivity index (χ0v) is 7.97. The molecule has 0 saturated carbocycles. The number of ketones is 1. The molecule has 74 valence electrons. The average molecular weight is 194 g/mol. The predicted molar refractivity (Wildman–Crippen MR) is 50.2 cm³/mol. The molecule has 0 spiro atoms. The van der Waals surface area contributed by atoms with Gasteiger partial charge in [0.25, 0.3) is 0 Å². The Hall–Kier alpha value is -1.38. The first-order valence-electron chi connectivity index (χ1n) is 4.62. The monoisotopic (exact) mass is 194 g/mol. The standard InChI is InChI=1S/C11H11FO2/c1-14-10-6-5-7-8(11(10)12)3-2-4-9(7)13/h5-6H,2-4H2,1H3. The minimum atomic E-state index is -0.377. The first kappa shape index (κ1) is 9.19. The second-order valence-electron chi connectivity index (χ2n) is 3.38. The largest absolute Gasteiger partial charge is 0.494 e. The molecule has 0 amide bonds. The fourth-order valence-corrected chi connectivity index (χ4v) is 1.82. The molecule has 14 heavy (non-hydrogen) atoms. The van der Waals surface area contributed by atoms with Gasteiger partial charge in [0.2, 0.25) is 0 Å². The molecule has 1 aliphatic carbocycles. The lowest BCUT2D eigenvalue weighted by atomic mass is 9.90. The van der Waals surface area contributed by atoms with Crippen molar-refractivity contribution in [3.8, 4) is 5.75 Å². The Kier molecular flexibility index (Phi) is 2.23. The third-order valence-electron chi connectivity index (χ3n) is 2.56. The van der Waals surface area contributed by atoms with Crippen molar-refractivity contribution >= 4 is 5.78 Å². The summed E-state index contributed by atoms with van der Waals surface area (Å²) in [5.41, 5.74) is 1.04. The molecule has 1 aliphatic rings. The summed E-state index contributed by atoms with van der Waals surface area (Å²) in [7, 11) is 1.43. The second kappa shape index (κ2) is 3.40. The van der Waals surface area contributed by atoms with Crippen LogP contribution in [0.3, 0.4) is 0 Å². The number of Topliss-reactive ketones (excluding diaryl/α,β-unsaturated/α-hetero) is 1. The summed E-state index contributed by atoms with van der Waals surface area (Å²) >= 11 is 0. The number of hydrogen-bond donors (Lipinski definition) is 0. The minimum Gasteiger partial charge on any atom is -0.494 e. The fraction of sp³-hybridized carbons (Fsp3) is 0.364. The van der Waals surface area contributed by atoms with Crippen molar-refractivity contribution in [1.82, 2.24) is 0 Å². The Balaban J connectivity index is 2.57. The van der Waals surface area contributed by atoms with Gasteiger partial charge in [-0.2, -0.15) is 0 Å². The maximum absolute atomic E-state index is 13.7. The summed E-state index contributed by atoms with van der Waals surface area (Å²) in [6.07, 6.45) is 1.89. The van der Waals surface area contributed by atoms with Crippen molar-refractivity contribution in [3.63, 3.8) is 0 Å². The number of ether oxygens (including phenoxy) is 1. The van der Waals surface area contributed by atoms with Crippen molar-refractivity contribution < 1.29 is 13.9 Å². The number of benzene rings is 1. The summed E-state index contributed by atoms with van der Waals surface area (Å²) in [5, 5.41) is 0. The van der Waals surface area contributed by atoms with Crippen LogP contribution in [-0.4, -0.2) is 12.9 Å². The molecule has 0 bridgehead atoms. The summed E-state index contributed by atoms with van der Waals surface area (Å²) in [5.74, 6) is -0.121. The SMILES string of the molecule is COc1ccc2c(c1F)CCCC2=O. The number of carbonyl (C=O) groups excluding carboxylic acids is 1. The normalized spacial score (nSPS) is 15.1. The lowest BCUT2D eigenvalue weighted by molar-refractivity contribution is 0.0971. The molecule has 2 rings (SSSR count). The number of hydrogen-bond acceptors (Lipinski definition) is 2. The van der Waals surface area contributed by atoms with E-state index in [-0.39, 0.29) is 17.3 Å². The molecule has 0 aliphatic heterocycles. The van der Waals surface area contributed by atoms with E-state index in [1.165, 1.54) is 13.2 Å². The lowest BCUT2D eigenvalue weighted by Crippen LogP contribution is -2.13. The molecule has 0 aromatic heterocycles. The van der Waals surface area contributed by atoms with E-state index >= 15 is 0 Å². The van der Waals surface area contributed by atoms with E-state index in [1.807, 2.05) is 0 Å². The van der Waals surface area contributed by atoms with E-state index in [0.717, 1.165) is 6.42 Å². The quantitative estimate of drug-likeness (QED) is 0.686. The van der Waals surface area contributed by atoms with Gasteiger partial charge in [-0.15, -0.1) is 0 Å². The maximum Gasteiger partial charge on any atom is 0.168 e. The third kappa shape index (κ3) is 1.29. The van der Waals surface area contributed by atoms with Gasteiger partial charge < -0.3 is 4.74 Å². The van der Waals surface area contributed by atoms with Crippen molar-refractivity contribution in [2.45, 2.75) is 19.3 Å². The summed E-state index contributed by atoms with van der Waals surface area (Å²) in [4.78, 5) is 11.4. The number of carbonyl (C=O) groups is 1. The van der Waals surface area contributed by atoms with Gasteiger partial charge in [-0.3, -0.25) is 4.79 Å². The van der Waals surface area contributed by atoms with Crippen LogP contribution in [-0.2, 0) is 6.42 Å². The summed E-state index contributed by atoms with van der Waals surface area (Å²) in [6, 6.07) is 3.16. The van der Waals surface area contributed by atoms with E-state index in [9.17, 15) is 9.18 Å². The zero-order valence-electron chi connectivity index (χ0n) is 7.97. The third-order valence-corrected chi connectivity index (χ3v) is 2.56. The molecule has 1 aromatic rings. The maximum atomic E-state index is 13.7. The van der Waals surface area contributed by atoms with Crippen molar-refractivity contribution in [2.24, 2.45) is 0 Å². The van der Waals surface area contributed by atoms with Gasteiger partial charge in [-0.25, -0.2) is 4.39 Å². The van der Waals surface area contributed by atoms with Crippen molar-refractivity contribution in [2.75, 3.05) is 7.11 Å². The van der Waals surface area contributed by atoms with Crippen LogP contribution >= 0.6 is 0 Å². The first-order valence-corrected chi connectivity index (χ1v) is 4.62. The summed E-state index contributed by atoms with van der Waals surface area (Å²) in [6.45, 7) is 0. The molecule has 1 aromatic carbocycles. The van der Waals surface area contributed by atoms with Gasteiger partial charge in [0, 0.05) is 17.5 Å². The molecule has 0 radical (unpaired) electrons. The number of rotatable bonds is 1. The van der Waals surface area contributed by atoms with E-state index in [2.05, 4.69) is 0 Å². The van der Waals surface area contributed by atoms with Crippen LogP contribution in [0, 0.1) is 5.82 Å². The molecule has 0 saturated heterocycles. The molecule has 0 atom stereocenters. The van der Waals surface area contributed by atoms with Gasteiger partial charge in [0.05, 0.1) is 7.11 Å². The fourth-order valence-electron chi connectivity index (χ4n) is 1.82. The predicted octanol–water partition coefficient (Wildman–Crippen LogP) is 2.35. The second-order valence-corrected chi connectivity index (χ2v) is 3.38. The average Bonchev–Trinajstić information content (AvgIpc) is 2.20. The Morgan fingerprint density at radius 2 is 2.14 bits per heavy atom. The molecular weight excluding hydrogens is 183 g/mol. The molecule has 3 heteroatoms. The highest BCUT2D eigenvalue weighted by atomic mass is 19.1. The number of methoxy groups -OCH3 is 1. The van der Waals surface area contributed by atoms with Gasteiger partial charge in [-0.05, 0) is 25.0 Å². The highest BCUT2D eigenvalue weighted by molar-refractivity contribution is 5.98. The highest BCUT2D eigenvalue weighted by Crippen LogP contribution is 2.29. The molecule has 0 heterocycles. The van der Waals surface area contributed by atoms with Crippen LogP contribution in [0.15, 0.2) is 12.1 Å². The lowest BCUT2D eigenvalue weighted by Gasteiger charge is -2.16. The van der Waals surface area contributed by atoms with Crippen LogP contribution in [0.25, 0.3) is 0 Å². The van der Waals surface area contributed by atoms with Gasteiger partial charge in [0.1, 0.15) is 0 Å². The molecule has 0 N–H and O–H groups in total. The number of halogens is 1. The van der Waals surface area contributed by atoms with Crippen molar-refractivity contribution in [1.29, 1.82) is 0 Å². The first-order chi connectivity index (χ1) is 6.74. The van der Waals surface area contributed by atoms with E-state index < -0.39 is 0 Å². The van der Waals surface area contributed by atoms with Crippen LogP contribution < -0.4 is 4.74 Å². The van der Waals surface area contributed by atoms with Crippen LogP contribution in [0.4, 0.5) is 4.39 Å².